The van der Waals surface area contributed by atoms with Crippen LogP contribution in [-0.4, -0.2) is 60.9 Å². The van der Waals surface area contributed by atoms with Gasteiger partial charge in [0.1, 0.15) is 6.29 Å². The van der Waals surface area contributed by atoms with Crippen LogP contribution in [0.4, 0.5) is 0 Å². The van der Waals surface area contributed by atoms with Crippen molar-refractivity contribution in [3.8, 4) is 0 Å². The second-order valence-electron chi connectivity index (χ2n) is 6.22. The third-order valence-electron chi connectivity index (χ3n) is 2.39. The molecule has 6 nitrogen and oxygen atoms in total. The summed E-state index contributed by atoms with van der Waals surface area (Å²) in [6.45, 7) is 14.2. The van der Waals surface area contributed by atoms with E-state index in [9.17, 15) is 4.79 Å². The summed E-state index contributed by atoms with van der Waals surface area (Å²) in [6, 6.07) is 0. The summed E-state index contributed by atoms with van der Waals surface area (Å²) < 4.78 is 10.1. The molecule has 0 radical (unpaired) electrons. The van der Waals surface area contributed by atoms with E-state index in [2.05, 4.69) is 0 Å². The van der Waals surface area contributed by atoms with Crippen molar-refractivity contribution in [1.29, 1.82) is 0 Å². The molecule has 0 fully saturated rings. The average Bonchev–Trinajstić information content (AvgIpc) is 2.49. The Morgan fingerprint density at radius 2 is 1.27 bits per heavy atom. The van der Waals surface area contributed by atoms with E-state index >= 15 is 0 Å². The van der Waals surface area contributed by atoms with Gasteiger partial charge < -0.3 is 29.6 Å². The first-order chi connectivity index (χ1) is 10.1. The normalized spacial score (nSPS) is 11.2. The lowest BCUT2D eigenvalue weighted by Gasteiger charge is -2.16. The number of aldehydes is 1. The van der Waals surface area contributed by atoms with Crippen LogP contribution in [0, 0.1) is 10.8 Å². The monoisotopic (exact) mass is 324 g/mol. The van der Waals surface area contributed by atoms with Crippen molar-refractivity contribution in [1.82, 2.24) is 0 Å². The highest BCUT2D eigenvalue weighted by Crippen LogP contribution is 2.10. The fraction of sp³-hybridized carbons (Fsp3) is 0.938. The maximum absolute atomic E-state index is 9.90. The highest BCUT2D eigenvalue weighted by Gasteiger charge is 2.13. The van der Waals surface area contributed by atoms with Gasteiger partial charge in [0.2, 0.25) is 0 Å². The molecule has 0 rings (SSSR count). The fourth-order valence-corrected chi connectivity index (χ4v) is 0.605. The molecule has 0 aliphatic heterocycles. The fourth-order valence-electron chi connectivity index (χ4n) is 0.605. The molecule has 0 aromatic carbocycles. The van der Waals surface area contributed by atoms with E-state index in [-0.39, 0.29) is 31.5 Å². The van der Waals surface area contributed by atoms with Gasteiger partial charge in [-0.1, -0.05) is 27.7 Å². The number of rotatable bonds is 8. The molecule has 0 bridgehead atoms. The number of hydrogen-bond donors (Lipinski definition) is 3. The third kappa shape index (κ3) is 21.8. The Morgan fingerprint density at radius 1 is 0.909 bits per heavy atom. The van der Waals surface area contributed by atoms with Crippen molar-refractivity contribution in [2.75, 3.05) is 33.0 Å². The lowest BCUT2D eigenvalue weighted by molar-refractivity contribution is -0.123. The van der Waals surface area contributed by atoms with Crippen LogP contribution in [0.25, 0.3) is 0 Å². The highest BCUT2D eigenvalue weighted by atomic mass is 16.7. The molecule has 6 heteroatoms. The van der Waals surface area contributed by atoms with Gasteiger partial charge in [-0.3, -0.25) is 0 Å². The van der Waals surface area contributed by atoms with Gasteiger partial charge in [0.15, 0.2) is 6.29 Å². The molecule has 0 atom stereocenters. The average molecular weight is 324 g/mol. The van der Waals surface area contributed by atoms with Gasteiger partial charge in [-0.15, -0.1) is 0 Å². The first-order valence-corrected chi connectivity index (χ1v) is 7.57. The number of carbonyl (C=O) groups is 1. The Bertz CT molecular complexity index is 229. The van der Waals surface area contributed by atoms with Crippen LogP contribution in [0.15, 0.2) is 0 Å². The van der Waals surface area contributed by atoms with Gasteiger partial charge in [-0.05, 0) is 20.8 Å². The largest absolute Gasteiger partial charge is 0.396 e. The van der Waals surface area contributed by atoms with E-state index < -0.39 is 5.41 Å². The van der Waals surface area contributed by atoms with E-state index in [0.717, 1.165) is 19.5 Å². The summed E-state index contributed by atoms with van der Waals surface area (Å²) in [5.41, 5.74) is -0.847. The van der Waals surface area contributed by atoms with Gasteiger partial charge in [0.25, 0.3) is 0 Å². The molecular formula is C16H36O6. The number of hydrogen-bond acceptors (Lipinski definition) is 6. The summed E-state index contributed by atoms with van der Waals surface area (Å²) in [6.07, 6.45) is 0.706. The first-order valence-electron chi connectivity index (χ1n) is 7.57. The van der Waals surface area contributed by atoms with Crippen LogP contribution in [0.3, 0.4) is 0 Å². The van der Waals surface area contributed by atoms with Crippen molar-refractivity contribution >= 4 is 6.29 Å². The second kappa shape index (κ2) is 15.4. The lowest BCUT2D eigenvalue weighted by atomic mass is 9.97. The second-order valence-corrected chi connectivity index (χ2v) is 6.22. The predicted octanol–water partition coefficient (Wildman–Crippen LogP) is 1.61. The molecule has 0 aromatic rings. The minimum absolute atomic E-state index is 0.0370. The van der Waals surface area contributed by atoms with Gasteiger partial charge >= 0.3 is 0 Å². The molecule has 0 aliphatic carbocycles. The lowest BCUT2D eigenvalue weighted by Crippen LogP contribution is -2.20. The first kappa shape index (κ1) is 26.4. The number of aliphatic hydroxyl groups is 3. The number of aliphatic hydroxyl groups excluding tert-OH is 3. The molecule has 0 aliphatic rings. The molecule has 0 saturated heterocycles. The molecule has 0 aromatic heterocycles. The van der Waals surface area contributed by atoms with Gasteiger partial charge in [-0.25, -0.2) is 0 Å². The molecule has 0 saturated carbocycles. The minimum Gasteiger partial charge on any atom is -0.396 e. The minimum atomic E-state index is -0.542. The summed E-state index contributed by atoms with van der Waals surface area (Å²) >= 11 is 0. The zero-order valence-corrected chi connectivity index (χ0v) is 15.3. The Hall–Kier alpha value is -0.530. The molecule has 0 unspecified atom stereocenters. The Balaban J connectivity index is -0.000000247. The number of ether oxygens (including phenoxy) is 2. The summed E-state index contributed by atoms with van der Waals surface area (Å²) in [5, 5.41) is 25.2. The van der Waals surface area contributed by atoms with Crippen LogP contribution in [-0.2, 0) is 14.3 Å². The topological polar surface area (TPSA) is 96.2 Å². The zero-order valence-electron chi connectivity index (χ0n) is 15.3. The van der Waals surface area contributed by atoms with Gasteiger partial charge in [0.05, 0.1) is 19.8 Å². The quantitative estimate of drug-likeness (QED) is 0.464. The molecule has 0 amide bonds. The number of carbonyl (C=O) groups excluding carboxylic acids is 1. The van der Waals surface area contributed by atoms with Crippen LogP contribution in [0.2, 0.25) is 0 Å². The van der Waals surface area contributed by atoms with E-state index in [0.29, 0.717) is 0 Å². The maximum Gasteiger partial charge on any atom is 0.154 e. The highest BCUT2D eigenvalue weighted by molar-refractivity contribution is 5.57. The van der Waals surface area contributed by atoms with Crippen LogP contribution in [0.1, 0.15) is 48.5 Å². The molecule has 0 spiro atoms. The molecule has 0 heterocycles. The molecule has 3 N–H and O–H groups in total. The molecule has 22 heavy (non-hydrogen) atoms. The van der Waals surface area contributed by atoms with Crippen LogP contribution < -0.4 is 0 Å². The Morgan fingerprint density at radius 3 is 1.36 bits per heavy atom. The van der Waals surface area contributed by atoms with Gasteiger partial charge in [0, 0.05) is 24.0 Å². The summed E-state index contributed by atoms with van der Waals surface area (Å²) in [5.74, 6) is 0. The van der Waals surface area contributed by atoms with E-state index in [4.69, 9.17) is 24.8 Å². The van der Waals surface area contributed by atoms with Crippen LogP contribution in [0.5, 0.6) is 0 Å². The Kier molecular flexibility index (Phi) is 18.4. The van der Waals surface area contributed by atoms with E-state index in [1.54, 1.807) is 27.7 Å². The van der Waals surface area contributed by atoms with Crippen molar-refractivity contribution in [2.24, 2.45) is 10.8 Å². The van der Waals surface area contributed by atoms with Crippen molar-refractivity contribution in [2.45, 2.75) is 54.8 Å². The zero-order chi connectivity index (χ0) is 18.2. The van der Waals surface area contributed by atoms with Crippen molar-refractivity contribution in [3.05, 3.63) is 0 Å². The van der Waals surface area contributed by atoms with E-state index in [1.165, 1.54) is 0 Å². The smallest absolute Gasteiger partial charge is 0.154 e. The summed E-state index contributed by atoms with van der Waals surface area (Å²) in [4.78, 5) is 9.90. The van der Waals surface area contributed by atoms with Gasteiger partial charge in [-0.2, -0.15) is 0 Å². The van der Waals surface area contributed by atoms with Crippen molar-refractivity contribution < 1.29 is 29.6 Å². The SMILES string of the molecule is CC(C)(C=O)CO.CC(C)(CO)CO.CCOC(C)OCC. The third-order valence-corrected chi connectivity index (χ3v) is 2.39. The summed E-state index contributed by atoms with van der Waals surface area (Å²) in [7, 11) is 0. The molecule has 136 valence electrons. The van der Waals surface area contributed by atoms with E-state index in [1.807, 2.05) is 20.8 Å². The predicted molar refractivity (Wildman–Crippen MR) is 87.6 cm³/mol. The molecular weight excluding hydrogens is 288 g/mol. The Labute approximate surface area is 135 Å². The maximum atomic E-state index is 9.90. The standard InChI is InChI=1S/C6H14O2.C5H12O2.C5H10O2/c1-4-7-6(3)8-5-2;2*1-5(2,3-6)4-7/h6H,4-5H2,1-3H3;6-7H,3-4H2,1-2H3;3,7H,4H2,1-2H3. The van der Waals surface area contributed by atoms with Crippen molar-refractivity contribution in [3.63, 3.8) is 0 Å². The van der Waals surface area contributed by atoms with Crippen LogP contribution >= 0.6 is 0 Å².